The molecule has 2 aromatic carbocycles. The van der Waals surface area contributed by atoms with Crippen LogP contribution in [0.3, 0.4) is 0 Å². The van der Waals surface area contributed by atoms with Crippen molar-refractivity contribution in [3.8, 4) is 11.5 Å². The van der Waals surface area contributed by atoms with Gasteiger partial charge in [0, 0.05) is 0 Å². The molecule has 8 heteroatoms. The molecule has 2 aromatic rings. The SMILES string of the molecule is [Cl-].[Cl-].[Mg+2].[Mg+2].[O-]B([O-])c1ccc(Oc2ccccc2)cc1. The average Bonchev–Trinajstić information content (AvgIpc) is 2.31. The van der Waals surface area contributed by atoms with Crippen LogP contribution in [-0.2, 0) is 0 Å². The maximum Gasteiger partial charge on any atom is 2.00 e. The second-order valence-corrected chi connectivity index (χ2v) is 3.32. The molecule has 0 spiro atoms. The summed E-state index contributed by atoms with van der Waals surface area (Å²) in [5.74, 6) is 1.33. The summed E-state index contributed by atoms with van der Waals surface area (Å²) in [6, 6.07) is 15.5. The molecule has 0 aliphatic heterocycles. The number of halogens is 2. The number of hydrogen-bond donors (Lipinski definition) is 0. The van der Waals surface area contributed by atoms with E-state index in [1.54, 1.807) is 12.1 Å². The second kappa shape index (κ2) is 13.0. The van der Waals surface area contributed by atoms with Crippen LogP contribution in [0.25, 0.3) is 0 Å². The fourth-order valence-electron chi connectivity index (χ4n) is 1.32. The molecular formula is C12H9BCl2Mg2O3. The fraction of sp³-hybridized carbons (Fsp3) is 0. The van der Waals surface area contributed by atoms with Gasteiger partial charge < -0.3 is 39.6 Å². The van der Waals surface area contributed by atoms with Gasteiger partial charge in [-0.2, -0.15) is 0 Å². The van der Waals surface area contributed by atoms with Gasteiger partial charge in [-0.25, -0.2) is 0 Å². The molecule has 3 nitrogen and oxygen atoms in total. The van der Waals surface area contributed by atoms with Gasteiger partial charge in [-0.05, 0) is 24.3 Å². The molecule has 0 heterocycles. The van der Waals surface area contributed by atoms with E-state index in [1.165, 1.54) is 12.1 Å². The van der Waals surface area contributed by atoms with E-state index in [2.05, 4.69) is 0 Å². The zero-order valence-electron chi connectivity index (χ0n) is 10.7. The van der Waals surface area contributed by atoms with Crippen LogP contribution in [0.4, 0.5) is 0 Å². The van der Waals surface area contributed by atoms with Gasteiger partial charge in [0.2, 0.25) is 0 Å². The minimum Gasteiger partial charge on any atom is -1.00 e. The van der Waals surface area contributed by atoms with E-state index in [0.717, 1.165) is 5.75 Å². The van der Waals surface area contributed by atoms with Crippen LogP contribution in [-0.4, -0.2) is 53.2 Å². The Labute approximate surface area is 163 Å². The Morgan fingerprint density at radius 3 is 1.60 bits per heavy atom. The molecule has 0 fully saturated rings. The van der Waals surface area contributed by atoms with Crippen LogP contribution < -0.4 is 45.1 Å². The molecule has 0 radical (unpaired) electrons. The van der Waals surface area contributed by atoms with Gasteiger partial charge in [0.25, 0.3) is 0 Å². The summed E-state index contributed by atoms with van der Waals surface area (Å²) in [6.45, 7) is 0. The van der Waals surface area contributed by atoms with Crippen molar-refractivity contribution < 1.29 is 39.6 Å². The summed E-state index contributed by atoms with van der Waals surface area (Å²) in [4.78, 5) is 0. The smallest absolute Gasteiger partial charge is 1.00 e. The zero-order chi connectivity index (χ0) is 11.4. The summed E-state index contributed by atoms with van der Waals surface area (Å²) in [6.07, 6.45) is 0. The molecule has 0 unspecified atom stereocenters. The van der Waals surface area contributed by atoms with E-state index in [4.69, 9.17) is 4.74 Å². The third-order valence-electron chi connectivity index (χ3n) is 2.13. The molecule has 20 heavy (non-hydrogen) atoms. The first kappa shape index (κ1) is 25.3. The topological polar surface area (TPSA) is 55.3 Å². The van der Waals surface area contributed by atoms with Gasteiger partial charge in [0.1, 0.15) is 11.5 Å². The zero-order valence-corrected chi connectivity index (χ0v) is 15.0. The van der Waals surface area contributed by atoms with E-state index in [9.17, 15) is 10.0 Å². The summed E-state index contributed by atoms with van der Waals surface area (Å²) in [5.41, 5.74) is 0.223. The molecule has 0 aliphatic carbocycles. The predicted octanol–water partition coefficient (Wildman–Crippen LogP) is -6.86. The van der Waals surface area contributed by atoms with E-state index in [1.807, 2.05) is 30.3 Å². The molecule has 96 valence electrons. The van der Waals surface area contributed by atoms with Crippen LogP contribution in [0.15, 0.2) is 54.6 Å². The van der Waals surface area contributed by atoms with Crippen molar-refractivity contribution in [2.45, 2.75) is 0 Å². The summed E-state index contributed by atoms with van der Waals surface area (Å²) in [5, 5.41) is 21.2. The quantitative estimate of drug-likeness (QED) is 0.526. The maximum absolute atomic E-state index is 10.6. The Hall–Kier alpha value is 0.337. The standard InChI is InChI=1S/C12H9BO3.2ClH.2Mg/c14-13(15)10-6-8-12(9-7-10)16-11-4-2-1-3-5-11;;;;/h1-9H;2*1H;;/q-2;;;2*+2/p-2. The van der Waals surface area contributed by atoms with Gasteiger partial charge in [-0.3, -0.25) is 0 Å². The van der Waals surface area contributed by atoms with Gasteiger partial charge in [0.05, 0.1) is 0 Å². The predicted molar refractivity (Wildman–Crippen MR) is 69.9 cm³/mol. The van der Waals surface area contributed by atoms with Gasteiger partial charge >= 0.3 is 46.1 Å². The van der Waals surface area contributed by atoms with Crippen molar-refractivity contribution >= 4 is 58.7 Å². The average molecular weight is 332 g/mol. The van der Waals surface area contributed by atoms with Crippen LogP contribution in [0, 0.1) is 0 Å². The normalized spacial score (nSPS) is 7.90. The number of benzene rings is 2. The first-order valence-corrected chi connectivity index (χ1v) is 4.90. The largest absolute Gasteiger partial charge is 2.00 e. The van der Waals surface area contributed by atoms with E-state index in [-0.39, 0.29) is 76.4 Å². The summed E-state index contributed by atoms with van der Waals surface area (Å²) in [7, 11) is -1.94. The molecule has 0 saturated carbocycles. The Morgan fingerprint density at radius 2 is 1.15 bits per heavy atom. The second-order valence-electron chi connectivity index (χ2n) is 3.32. The number of hydrogen-bond acceptors (Lipinski definition) is 3. The fourth-order valence-corrected chi connectivity index (χ4v) is 1.32. The van der Waals surface area contributed by atoms with Gasteiger partial charge in [-0.15, -0.1) is 5.46 Å². The molecule has 2 rings (SSSR count). The van der Waals surface area contributed by atoms with Gasteiger partial charge in [0.15, 0.2) is 0 Å². The molecule has 0 amide bonds. The molecule has 0 bridgehead atoms. The van der Waals surface area contributed by atoms with Crippen LogP contribution in [0.5, 0.6) is 11.5 Å². The van der Waals surface area contributed by atoms with Crippen molar-refractivity contribution in [2.75, 3.05) is 0 Å². The Morgan fingerprint density at radius 1 is 0.700 bits per heavy atom. The van der Waals surface area contributed by atoms with Crippen molar-refractivity contribution in [3.63, 3.8) is 0 Å². The molecule has 0 aliphatic rings. The summed E-state index contributed by atoms with van der Waals surface area (Å²) >= 11 is 0. The van der Waals surface area contributed by atoms with Crippen LogP contribution in [0.1, 0.15) is 0 Å². The number of para-hydroxylation sites is 1. The molecular weight excluding hydrogens is 322 g/mol. The summed E-state index contributed by atoms with van der Waals surface area (Å²) < 4.78 is 5.51. The molecule has 0 atom stereocenters. The number of rotatable bonds is 3. The minimum absolute atomic E-state index is 0. The van der Waals surface area contributed by atoms with Crippen molar-refractivity contribution in [3.05, 3.63) is 54.6 Å². The van der Waals surface area contributed by atoms with E-state index in [0.29, 0.717) is 5.75 Å². The first-order chi connectivity index (χ1) is 7.75. The minimum atomic E-state index is -1.94. The maximum atomic E-state index is 10.6. The van der Waals surface area contributed by atoms with Crippen LogP contribution in [0.2, 0.25) is 0 Å². The first-order valence-electron chi connectivity index (χ1n) is 4.90. The molecule has 0 N–H and O–H groups in total. The molecule has 0 saturated heterocycles. The third-order valence-corrected chi connectivity index (χ3v) is 2.13. The monoisotopic (exact) mass is 330 g/mol. The van der Waals surface area contributed by atoms with Crippen molar-refractivity contribution in [2.24, 2.45) is 0 Å². The Balaban J connectivity index is -0.000000722. The van der Waals surface area contributed by atoms with Crippen molar-refractivity contribution in [1.82, 2.24) is 0 Å². The van der Waals surface area contributed by atoms with Crippen LogP contribution >= 0.6 is 0 Å². The Kier molecular flexibility index (Phi) is 16.5. The van der Waals surface area contributed by atoms with E-state index >= 15 is 0 Å². The van der Waals surface area contributed by atoms with Crippen molar-refractivity contribution in [1.29, 1.82) is 0 Å². The van der Waals surface area contributed by atoms with Gasteiger partial charge in [-0.1, -0.05) is 37.5 Å². The Bertz CT molecular complexity index is 458. The third kappa shape index (κ3) is 7.95. The van der Waals surface area contributed by atoms with E-state index < -0.39 is 7.12 Å². The number of ether oxygens (including phenoxy) is 1. The molecule has 0 aromatic heterocycles.